The second-order valence-corrected chi connectivity index (χ2v) is 4.85. The van der Waals surface area contributed by atoms with Crippen molar-refractivity contribution < 1.29 is 4.39 Å². The van der Waals surface area contributed by atoms with E-state index in [1.54, 1.807) is 25.1 Å². The monoisotopic (exact) mass is 283 g/mol. The van der Waals surface area contributed by atoms with Crippen LogP contribution in [0.2, 0.25) is 10.0 Å². The molecule has 0 spiro atoms. The Morgan fingerprint density at radius 2 is 1.94 bits per heavy atom. The highest BCUT2D eigenvalue weighted by molar-refractivity contribution is 6.35. The zero-order valence-electron chi connectivity index (χ0n) is 9.81. The lowest BCUT2D eigenvalue weighted by Gasteiger charge is -2.11. The van der Waals surface area contributed by atoms with Gasteiger partial charge in [0.15, 0.2) is 0 Å². The van der Waals surface area contributed by atoms with Crippen molar-refractivity contribution in [3.63, 3.8) is 0 Å². The van der Waals surface area contributed by atoms with Crippen molar-refractivity contribution in [2.75, 3.05) is 5.32 Å². The second-order valence-electron chi connectivity index (χ2n) is 4.00. The zero-order valence-corrected chi connectivity index (χ0v) is 11.3. The van der Waals surface area contributed by atoms with Crippen LogP contribution in [0.15, 0.2) is 36.4 Å². The summed E-state index contributed by atoms with van der Waals surface area (Å²) in [5, 5.41) is 4.37. The summed E-state index contributed by atoms with van der Waals surface area (Å²) in [5.74, 6) is -0.220. The van der Waals surface area contributed by atoms with Gasteiger partial charge in [-0.15, -0.1) is 0 Å². The quantitative estimate of drug-likeness (QED) is 0.831. The Kier molecular flexibility index (Phi) is 4.10. The van der Waals surface area contributed by atoms with Crippen LogP contribution in [-0.2, 0) is 6.54 Å². The average Bonchev–Trinajstić information content (AvgIpc) is 2.33. The smallest absolute Gasteiger partial charge is 0.128 e. The van der Waals surface area contributed by atoms with Crippen molar-refractivity contribution in [2.24, 2.45) is 0 Å². The summed E-state index contributed by atoms with van der Waals surface area (Å²) >= 11 is 11.9. The summed E-state index contributed by atoms with van der Waals surface area (Å²) < 4.78 is 13.4. The number of anilines is 1. The summed E-state index contributed by atoms with van der Waals surface area (Å²) in [6.45, 7) is 2.27. The lowest BCUT2D eigenvalue weighted by Crippen LogP contribution is -2.02. The molecule has 0 saturated carbocycles. The molecule has 18 heavy (non-hydrogen) atoms. The first-order valence-corrected chi connectivity index (χ1v) is 6.26. The first-order chi connectivity index (χ1) is 8.58. The summed E-state index contributed by atoms with van der Waals surface area (Å²) in [6, 6.07) is 10.3. The Labute approximate surface area is 116 Å². The number of halogens is 3. The maximum Gasteiger partial charge on any atom is 0.128 e. The number of rotatable bonds is 3. The molecule has 1 nitrogen and oxygen atoms in total. The van der Waals surface area contributed by atoms with Gasteiger partial charge in [-0.1, -0.05) is 35.3 Å². The van der Waals surface area contributed by atoms with E-state index in [9.17, 15) is 4.39 Å². The van der Waals surface area contributed by atoms with E-state index in [1.807, 2.05) is 12.1 Å². The Bertz CT molecular complexity index is 570. The van der Waals surface area contributed by atoms with Crippen LogP contribution >= 0.6 is 23.2 Å². The Morgan fingerprint density at radius 1 is 1.17 bits per heavy atom. The minimum atomic E-state index is -0.220. The fourth-order valence-corrected chi connectivity index (χ4v) is 2.13. The van der Waals surface area contributed by atoms with E-state index < -0.39 is 0 Å². The van der Waals surface area contributed by atoms with Gasteiger partial charge in [-0.2, -0.15) is 0 Å². The molecule has 0 amide bonds. The van der Waals surface area contributed by atoms with Gasteiger partial charge >= 0.3 is 0 Å². The van der Waals surface area contributed by atoms with Crippen LogP contribution in [0.4, 0.5) is 10.1 Å². The molecule has 0 unspecified atom stereocenters. The SMILES string of the molecule is Cc1c(F)cccc1NCc1ccc(Cl)cc1Cl. The Hall–Kier alpha value is -1.25. The standard InChI is InChI=1S/C14H12Cl2FN/c1-9-13(17)3-2-4-14(9)18-8-10-5-6-11(15)7-12(10)16/h2-7,18H,8H2,1H3. The molecule has 0 aliphatic rings. The Balaban J connectivity index is 2.14. The van der Waals surface area contributed by atoms with Gasteiger partial charge < -0.3 is 5.32 Å². The maximum absolute atomic E-state index is 13.4. The average molecular weight is 284 g/mol. The number of benzene rings is 2. The molecular formula is C14H12Cl2FN. The molecule has 0 saturated heterocycles. The van der Waals surface area contributed by atoms with E-state index in [0.717, 1.165) is 11.3 Å². The number of nitrogens with one attached hydrogen (secondary N) is 1. The molecular weight excluding hydrogens is 272 g/mol. The third-order valence-corrected chi connectivity index (χ3v) is 3.34. The van der Waals surface area contributed by atoms with Crippen molar-refractivity contribution in [3.8, 4) is 0 Å². The predicted molar refractivity (Wildman–Crippen MR) is 74.9 cm³/mol. The molecule has 0 aliphatic carbocycles. The lowest BCUT2D eigenvalue weighted by molar-refractivity contribution is 0.619. The van der Waals surface area contributed by atoms with Gasteiger partial charge in [-0.3, -0.25) is 0 Å². The maximum atomic E-state index is 13.4. The molecule has 0 aliphatic heterocycles. The van der Waals surface area contributed by atoms with Gasteiger partial charge in [0.25, 0.3) is 0 Å². The highest BCUT2D eigenvalue weighted by Gasteiger charge is 2.05. The molecule has 0 atom stereocenters. The lowest BCUT2D eigenvalue weighted by atomic mass is 10.1. The minimum Gasteiger partial charge on any atom is -0.381 e. The van der Waals surface area contributed by atoms with Crippen LogP contribution in [0, 0.1) is 12.7 Å². The van der Waals surface area contributed by atoms with E-state index in [0.29, 0.717) is 22.2 Å². The summed E-state index contributed by atoms with van der Waals surface area (Å²) in [5.41, 5.74) is 2.29. The van der Waals surface area contributed by atoms with Gasteiger partial charge in [0.1, 0.15) is 5.82 Å². The van der Waals surface area contributed by atoms with Crippen molar-refractivity contribution in [1.29, 1.82) is 0 Å². The normalized spacial score (nSPS) is 10.4. The van der Waals surface area contributed by atoms with E-state index in [-0.39, 0.29) is 5.82 Å². The molecule has 0 aromatic heterocycles. The number of hydrogen-bond acceptors (Lipinski definition) is 1. The molecule has 0 radical (unpaired) electrons. The fourth-order valence-electron chi connectivity index (χ4n) is 1.65. The summed E-state index contributed by atoms with van der Waals surface area (Å²) in [7, 11) is 0. The van der Waals surface area contributed by atoms with Crippen LogP contribution in [-0.4, -0.2) is 0 Å². The van der Waals surface area contributed by atoms with E-state index in [4.69, 9.17) is 23.2 Å². The molecule has 0 bridgehead atoms. The Morgan fingerprint density at radius 3 is 2.67 bits per heavy atom. The molecule has 2 aromatic carbocycles. The van der Waals surface area contributed by atoms with Gasteiger partial charge in [0, 0.05) is 27.8 Å². The minimum absolute atomic E-state index is 0.220. The molecule has 0 heterocycles. The summed E-state index contributed by atoms with van der Waals surface area (Å²) in [4.78, 5) is 0. The van der Waals surface area contributed by atoms with Gasteiger partial charge in [0.05, 0.1) is 0 Å². The van der Waals surface area contributed by atoms with Crippen molar-refractivity contribution in [1.82, 2.24) is 0 Å². The van der Waals surface area contributed by atoms with Crippen LogP contribution in [0.25, 0.3) is 0 Å². The largest absolute Gasteiger partial charge is 0.381 e. The molecule has 94 valence electrons. The molecule has 2 aromatic rings. The van der Waals surface area contributed by atoms with Gasteiger partial charge in [0.2, 0.25) is 0 Å². The first kappa shape index (κ1) is 13.2. The van der Waals surface area contributed by atoms with Gasteiger partial charge in [-0.25, -0.2) is 4.39 Å². The molecule has 1 N–H and O–H groups in total. The van der Waals surface area contributed by atoms with Crippen molar-refractivity contribution in [3.05, 3.63) is 63.4 Å². The number of hydrogen-bond donors (Lipinski definition) is 1. The fraction of sp³-hybridized carbons (Fsp3) is 0.143. The van der Waals surface area contributed by atoms with Crippen molar-refractivity contribution in [2.45, 2.75) is 13.5 Å². The topological polar surface area (TPSA) is 12.0 Å². The first-order valence-electron chi connectivity index (χ1n) is 5.51. The predicted octanol–water partition coefficient (Wildman–Crippen LogP) is 5.05. The molecule has 4 heteroatoms. The van der Waals surface area contributed by atoms with Crippen LogP contribution < -0.4 is 5.32 Å². The summed E-state index contributed by atoms with van der Waals surface area (Å²) in [6.07, 6.45) is 0. The second kappa shape index (κ2) is 5.59. The van der Waals surface area contributed by atoms with Crippen molar-refractivity contribution >= 4 is 28.9 Å². The zero-order chi connectivity index (χ0) is 13.1. The molecule has 0 fully saturated rings. The molecule has 2 rings (SSSR count). The third-order valence-electron chi connectivity index (χ3n) is 2.75. The highest BCUT2D eigenvalue weighted by atomic mass is 35.5. The van der Waals surface area contributed by atoms with Crippen LogP contribution in [0.5, 0.6) is 0 Å². The van der Waals surface area contributed by atoms with Gasteiger partial charge in [-0.05, 0) is 36.8 Å². The van der Waals surface area contributed by atoms with Crippen LogP contribution in [0.1, 0.15) is 11.1 Å². The van der Waals surface area contributed by atoms with E-state index >= 15 is 0 Å². The van der Waals surface area contributed by atoms with Crippen LogP contribution in [0.3, 0.4) is 0 Å². The third kappa shape index (κ3) is 2.95. The van der Waals surface area contributed by atoms with E-state index in [1.165, 1.54) is 6.07 Å². The highest BCUT2D eigenvalue weighted by Crippen LogP contribution is 2.23. The van der Waals surface area contributed by atoms with E-state index in [2.05, 4.69) is 5.32 Å².